The molecule has 1 aliphatic rings. The second-order valence-corrected chi connectivity index (χ2v) is 5.36. The first kappa shape index (κ1) is 12.7. The lowest BCUT2D eigenvalue weighted by Gasteiger charge is -2.25. The SMILES string of the molecule is CNCc1ccc(CN(CC2CC2)C(C)C)o1. The predicted octanol–water partition coefficient (Wildman–Crippen LogP) is 2.62. The Balaban J connectivity index is 1.90. The van der Waals surface area contributed by atoms with Crippen molar-refractivity contribution in [2.45, 2.75) is 45.8 Å². The molecule has 3 heteroatoms. The van der Waals surface area contributed by atoms with Crippen LogP contribution in [0.15, 0.2) is 16.5 Å². The van der Waals surface area contributed by atoms with Crippen LogP contribution in [0, 0.1) is 5.92 Å². The molecule has 17 heavy (non-hydrogen) atoms. The molecular formula is C14H24N2O. The Bertz CT molecular complexity index is 342. The highest BCUT2D eigenvalue weighted by atomic mass is 16.3. The van der Waals surface area contributed by atoms with Gasteiger partial charge in [-0.3, -0.25) is 4.90 Å². The van der Waals surface area contributed by atoms with Gasteiger partial charge in [-0.25, -0.2) is 0 Å². The number of rotatable bonds is 7. The molecule has 0 aliphatic heterocycles. The van der Waals surface area contributed by atoms with Gasteiger partial charge in [-0.05, 0) is 51.8 Å². The summed E-state index contributed by atoms with van der Waals surface area (Å²) in [4.78, 5) is 2.51. The Hall–Kier alpha value is -0.800. The maximum Gasteiger partial charge on any atom is 0.118 e. The van der Waals surface area contributed by atoms with Crippen molar-refractivity contribution in [3.63, 3.8) is 0 Å². The van der Waals surface area contributed by atoms with Crippen molar-refractivity contribution >= 4 is 0 Å². The van der Waals surface area contributed by atoms with Crippen LogP contribution in [-0.4, -0.2) is 24.5 Å². The molecule has 3 nitrogen and oxygen atoms in total. The summed E-state index contributed by atoms with van der Waals surface area (Å²) in [5, 5.41) is 3.11. The molecule has 1 aliphatic carbocycles. The Kier molecular flexibility index (Phi) is 4.24. The molecule has 0 aromatic carbocycles. The van der Waals surface area contributed by atoms with Gasteiger partial charge in [0.05, 0.1) is 13.1 Å². The van der Waals surface area contributed by atoms with E-state index in [0.717, 1.165) is 30.5 Å². The molecular weight excluding hydrogens is 212 g/mol. The Morgan fingerprint density at radius 3 is 2.65 bits per heavy atom. The molecule has 0 bridgehead atoms. The van der Waals surface area contributed by atoms with Crippen LogP contribution in [-0.2, 0) is 13.1 Å². The van der Waals surface area contributed by atoms with Crippen molar-refractivity contribution < 1.29 is 4.42 Å². The van der Waals surface area contributed by atoms with E-state index in [1.54, 1.807) is 0 Å². The van der Waals surface area contributed by atoms with Crippen LogP contribution >= 0.6 is 0 Å². The maximum atomic E-state index is 5.80. The van der Waals surface area contributed by atoms with E-state index in [4.69, 9.17) is 4.42 Å². The molecule has 0 atom stereocenters. The van der Waals surface area contributed by atoms with Gasteiger partial charge in [-0.15, -0.1) is 0 Å². The zero-order chi connectivity index (χ0) is 12.3. The first-order valence-corrected chi connectivity index (χ1v) is 6.65. The summed E-state index contributed by atoms with van der Waals surface area (Å²) in [6.07, 6.45) is 2.82. The number of nitrogens with one attached hydrogen (secondary N) is 1. The smallest absolute Gasteiger partial charge is 0.118 e. The molecule has 1 saturated carbocycles. The summed E-state index contributed by atoms with van der Waals surface area (Å²) >= 11 is 0. The second kappa shape index (κ2) is 5.69. The number of furan rings is 1. The lowest BCUT2D eigenvalue weighted by Crippen LogP contribution is -2.32. The van der Waals surface area contributed by atoms with Crippen LogP contribution in [0.25, 0.3) is 0 Å². The second-order valence-electron chi connectivity index (χ2n) is 5.36. The molecule has 0 spiro atoms. The minimum Gasteiger partial charge on any atom is -0.463 e. The first-order valence-electron chi connectivity index (χ1n) is 6.65. The summed E-state index contributed by atoms with van der Waals surface area (Å²) in [7, 11) is 1.94. The number of nitrogens with zero attached hydrogens (tertiary/aromatic N) is 1. The third kappa shape index (κ3) is 3.86. The van der Waals surface area contributed by atoms with Crippen LogP contribution in [0.2, 0.25) is 0 Å². The fourth-order valence-electron chi connectivity index (χ4n) is 2.07. The van der Waals surface area contributed by atoms with Gasteiger partial charge in [-0.1, -0.05) is 0 Å². The highest BCUT2D eigenvalue weighted by Crippen LogP contribution is 2.30. The summed E-state index contributed by atoms with van der Waals surface area (Å²) in [6.45, 7) is 7.50. The first-order chi connectivity index (χ1) is 8.19. The highest BCUT2D eigenvalue weighted by Gasteiger charge is 2.25. The van der Waals surface area contributed by atoms with Gasteiger partial charge in [-0.2, -0.15) is 0 Å². The summed E-state index contributed by atoms with van der Waals surface area (Å²) in [5.41, 5.74) is 0. The third-order valence-corrected chi connectivity index (χ3v) is 3.35. The maximum absolute atomic E-state index is 5.80. The molecule has 1 heterocycles. The van der Waals surface area contributed by atoms with Crippen molar-refractivity contribution in [1.82, 2.24) is 10.2 Å². The van der Waals surface area contributed by atoms with E-state index in [9.17, 15) is 0 Å². The molecule has 0 unspecified atom stereocenters. The van der Waals surface area contributed by atoms with Crippen molar-refractivity contribution in [2.24, 2.45) is 5.92 Å². The molecule has 1 N–H and O–H groups in total. The monoisotopic (exact) mass is 236 g/mol. The lowest BCUT2D eigenvalue weighted by molar-refractivity contribution is 0.187. The standard InChI is InChI=1S/C14H24N2O/c1-11(2)16(9-12-4-5-12)10-14-7-6-13(17-14)8-15-3/h6-7,11-12,15H,4-5,8-10H2,1-3H3. The normalized spacial score (nSPS) is 16.1. The Morgan fingerprint density at radius 1 is 1.35 bits per heavy atom. The van der Waals surface area contributed by atoms with Crippen LogP contribution in [0.4, 0.5) is 0 Å². The predicted molar refractivity (Wildman–Crippen MR) is 69.7 cm³/mol. The van der Waals surface area contributed by atoms with E-state index in [2.05, 4.69) is 36.2 Å². The van der Waals surface area contributed by atoms with E-state index in [1.807, 2.05) is 7.05 Å². The number of hydrogen-bond acceptors (Lipinski definition) is 3. The van der Waals surface area contributed by atoms with E-state index >= 15 is 0 Å². The fraction of sp³-hybridized carbons (Fsp3) is 0.714. The minimum atomic E-state index is 0.591. The summed E-state index contributed by atoms with van der Waals surface area (Å²) < 4.78 is 5.80. The van der Waals surface area contributed by atoms with E-state index in [0.29, 0.717) is 6.04 Å². The van der Waals surface area contributed by atoms with Crippen molar-refractivity contribution in [3.05, 3.63) is 23.7 Å². The van der Waals surface area contributed by atoms with Crippen molar-refractivity contribution in [2.75, 3.05) is 13.6 Å². The Labute approximate surface area is 104 Å². The molecule has 1 fully saturated rings. The van der Waals surface area contributed by atoms with Crippen molar-refractivity contribution in [3.8, 4) is 0 Å². The van der Waals surface area contributed by atoms with Crippen LogP contribution in [0.5, 0.6) is 0 Å². The zero-order valence-electron chi connectivity index (χ0n) is 11.2. The largest absolute Gasteiger partial charge is 0.463 e. The minimum absolute atomic E-state index is 0.591. The summed E-state index contributed by atoms with van der Waals surface area (Å²) in [5.74, 6) is 3.05. The highest BCUT2D eigenvalue weighted by molar-refractivity contribution is 5.07. The molecule has 0 radical (unpaired) electrons. The third-order valence-electron chi connectivity index (χ3n) is 3.35. The lowest BCUT2D eigenvalue weighted by atomic mass is 10.2. The molecule has 0 saturated heterocycles. The molecule has 1 aromatic heterocycles. The summed E-state index contributed by atoms with van der Waals surface area (Å²) in [6, 6.07) is 4.77. The van der Waals surface area contributed by atoms with Gasteiger partial charge < -0.3 is 9.73 Å². The molecule has 96 valence electrons. The average Bonchev–Trinajstić information content (AvgIpc) is 2.99. The van der Waals surface area contributed by atoms with Gasteiger partial charge in [0.15, 0.2) is 0 Å². The van der Waals surface area contributed by atoms with Crippen LogP contribution < -0.4 is 5.32 Å². The van der Waals surface area contributed by atoms with Crippen LogP contribution in [0.3, 0.4) is 0 Å². The van der Waals surface area contributed by atoms with E-state index in [1.165, 1.54) is 19.4 Å². The van der Waals surface area contributed by atoms with Crippen molar-refractivity contribution in [1.29, 1.82) is 0 Å². The van der Waals surface area contributed by atoms with E-state index < -0.39 is 0 Å². The van der Waals surface area contributed by atoms with Gasteiger partial charge >= 0.3 is 0 Å². The van der Waals surface area contributed by atoms with Gasteiger partial charge in [0.2, 0.25) is 0 Å². The average molecular weight is 236 g/mol. The number of hydrogen-bond donors (Lipinski definition) is 1. The molecule has 1 aromatic rings. The topological polar surface area (TPSA) is 28.4 Å². The fourth-order valence-corrected chi connectivity index (χ4v) is 2.07. The van der Waals surface area contributed by atoms with Gasteiger partial charge in [0, 0.05) is 12.6 Å². The molecule has 0 amide bonds. The Morgan fingerprint density at radius 2 is 2.06 bits per heavy atom. The van der Waals surface area contributed by atoms with Gasteiger partial charge in [0.25, 0.3) is 0 Å². The molecule has 2 rings (SSSR count). The van der Waals surface area contributed by atoms with E-state index in [-0.39, 0.29) is 0 Å². The van der Waals surface area contributed by atoms with Gasteiger partial charge in [0.1, 0.15) is 11.5 Å². The quantitative estimate of drug-likeness (QED) is 0.789. The van der Waals surface area contributed by atoms with Crippen LogP contribution in [0.1, 0.15) is 38.2 Å². The zero-order valence-corrected chi connectivity index (χ0v) is 11.2.